The average molecular weight is 436 g/mol. The van der Waals surface area contributed by atoms with Crippen molar-refractivity contribution in [3.63, 3.8) is 0 Å². The number of likely N-dealkylation sites (tertiary alicyclic amines) is 1. The molecule has 1 unspecified atom stereocenters. The molecule has 1 aliphatic heterocycles. The number of nitrogens with zero attached hydrogens (tertiary/aromatic N) is 1. The van der Waals surface area contributed by atoms with Crippen molar-refractivity contribution < 1.29 is 32.2 Å². The molecule has 0 radical (unpaired) electrons. The monoisotopic (exact) mass is 436 g/mol. The van der Waals surface area contributed by atoms with Crippen molar-refractivity contribution in [2.45, 2.75) is 26.0 Å². The molecule has 0 saturated carbocycles. The minimum Gasteiger partial charge on any atom is -0.493 e. The summed E-state index contributed by atoms with van der Waals surface area (Å²) >= 11 is 0. The van der Waals surface area contributed by atoms with Gasteiger partial charge in [-0.2, -0.15) is 8.78 Å². The summed E-state index contributed by atoms with van der Waals surface area (Å²) in [6.07, 6.45) is 1.32. The zero-order valence-electron chi connectivity index (χ0n) is 16.9. The van der Waals surface area contributed by atoms with Crippen LogP contribution in [0.25, 0.3) is 0 Å². The zero-order valence-corrected chi connectivity index (χ0v) is 16.9. The SMILES string of the molecule is COc1cc(CNC(=O)C2CCCN(C(=O)c3ccc(F)cc3)C2)ccc1OC(F)F. The van der Waals surface area contributed by atoms with Crippen LogP contribution in [0.3, 0.4) is 0 Å². The molecule has 2 aromatic carbocycles. The van der Waals surface area contributed by atoms with Crippen LogP contribution < -0.4 is 14.8 Å². The van der Waals surface area contributed by atoms with Crippen LogP contribution in [0.5, 0.6) is 11.5 Å². The number of hydrogen-bond acceptors (Lipinski definition) is 4. The van der Waals surface area contributed by atoms with Gasteiger partial charge in [0.05, 0.1) is 13.0 Å². The zero-order chi connectivity index (χ0) is 22.4. The largest absolute Gasteiger partial charge is 0.493 e. The van der Waals surface area contributed by atoms with Crippen molar-refractivity contribution in [3.8, 4) is 11.5 Å². The Morgan fingerprint density at radius 3 is 2.58 bits per heavy atom. The Morgan fingerprint density at radius 2 is 1.90 bits per heavy atom. The number of methoxy groups -OCH3 is 1. The molecule has 0 spiro atoms. The summed E-state index contributed by atoms with van der Waals surface area (Å²) in [5, 5.41) is 2.82. The molecule has 0 aliphatic carbocycles. The average Bonchev–Trinajstić information content (AvgIpc) is 2.78. The lowest BCUT2D eigenvalue weighted by molar-refractivity contribution is -0.126. The van der Waals surface area contributed by atoms with E-state index in [1.165, 1.54) is 43.5 Å². The van der Waals surface area contributed by atoms with Crippen molar-refractivity contribution >= 4 is 11.8 Å². The molecule has 166 valence electrons. The topological polar surface area (TPSA) is 67.9 Å². The van der Waals surface area contributed by atoms with Gasteiger partial charge in [-0.15, -0.1) is 0 Å². The Kier molecular flexibility index (Phi) is 7.38. The van der Waals surface area contributed by atoms with Gasteiger partial charge in [-0.25, -0.2) is 4.39 Å². The van der Waals surface area contributed by atoms with Gasteiger partial charge >= 0.3 is 6.61 Å². The first kappa shape index (κ1) is 22.5. The number of piperidine rings is 1. The number of carbonyl (C=O) groups is 2. The molecule has 9 heteroatoms. The van der Waals surface area contributed by atoms with Crippen LogP contribution in [-0.2, 0) is 11.3 Å². The number of alkyl halides is 2. The normalized spacial score (nSPS) is 16.2. The summed E-state index contributed by atoms with van der Waals surface area (Å²) in [7, 11) is 1.34. The van der Waals surface area contributed by atoms with Gasteiger partial charge in [0.2, 0.25) is 5.91 Å². The lowest BCUT2D eigenvalue weighted by Crippen LogP contribution is -2.45. The second-order valence-electron chi connectivity index (χ2n) is 7.18. The maximum Gasteiger partial charge on any atom is 0.387 e. The molecule has 1 atom stereocenters. The quantitative estimate of drug-likeness (QED) is 0.720. The highest BCUT2D eigenvalue weighted by atomic mass is 19.3. The molecule has 1 fully saturated rings. The summed E-state index contributed by atoms with van der Waals surface area (Å²) in [5.74, 6) is -1.18. The number of halogens is 3. The molecule has 31 heavy (non-hydrogen) atoms. The van der Waals surface area contributed by atoms with E-state index in [9.17, 15) is 22.8 Å². The Morgan fingerprint density at radius 1 is 1.16 bits per heavy atom. The van der Waals surface area contributed by atoms with E-state index in [0.29, 0.717) is 30.5 Å². The molecule has 2 amide bonds. The standard InChI is InChI=1S/C22H23F3N2O4/c1-30-19-11-14(4-9-18(19)31-22(24)25)12-26-20(28)16-3-2-10-27(13-16)21(29)15-5-7-17(23)8-6-15/h4-9,11,16,22H,2-3,10,12-13H2,1H3,(H,26,28). The molecule has 1 N–H and O–H groups in total. The van der Waals surface area contributed by atoms with Crippen LogP contribution in [0, 0.1) is 11.7 Å². The summed E-state index contributed by atoms with van der Waals surface area (Å²) in [4.78, 5) is 26.9. The Hall–Kier alpha value is -3.23. The van der Waals surface area contributed by atoms with Gasteiger partial charge in [-0.1, -0.05) is 6.07 Å². The smallest absolute Gasteiger partial charge is 0.387 e. The number of ether oxygens (including phenoxy) is 2. The molecule has 1 saturated heterocycles. The van der Waals surface area contributed by atoms with Crippen molar-refractivity contribution in [2.24, 2.45) is 5.92 Å². The highest BCUT2D eigenvalue weighted by molar-refractivity contribution is 5.94. The third kappa shape index (κ3) is 5.90. The maximum atomic E-state index is 13.1. The molecule has 6 nitrogen and oxygen atoms in total. The molecule has 1 heterocycles. The number of hydrogen-bond donors (Lipinski definition) is 1. The van der Waals surface area contributed by atoms with E-state index in [0.717, 1.165) is 0 Å². The molecule has 2 aromatic rings. The van der Waals surface area contributed by atoms with Gasteiger partial charge in [0, 0.05) is 25.2 Å². The molecular formula is C22H23F3N2O4. The predicted molar refractivity (Wildman–Crippen MR) is 107 cm³/mol. The van der Waals surface area contributed by atoms with Gasteiger partial charge in [0.15, 0.2) is 11.5 Å². The Labute approximate surface area is 177 Å². The highest BCUT2D eigenvalue weighted by Gasteiger charge is 2.29. The number of amides is 2. The van der Waals surface area contributed by atoms with Crippen molar-refractivity contribution in [1.82, 2.24) is 10.2 Å². The van der Waals surface area contributed by atoms with Crippen LogP contribution in [0.1, 0.15) is 28.8 Å². The van der Waals surface area contributed by atoms with Crippen LogP contribution in [0.2, 0.25) is 0 Å². The van der Waals surface area contributed by atoms with Crippen LogP contribution in [-0.4, -0.2) is 43.5 Å². The van der Waals surface area contributed by atoms with E-state index >= 15 is 0 Å². The number of benzene rings is 2. The van der Waals surface area contributed by atoms with Crippen LogP contribution >= 0.6 is 0 Å². The van der Waals surface area contributed by atoms with Crippen molar-refractivity contribution in [1.29, 1.82) is 0 Å². The van der Waals surface area contributed by atoms with E-state index in [1.807, 2.05) is 0 Å². The fourth-order valence-electron chi connectivity index (χ4n) is 3.50. The Bertz CT molecular complexity index is 921. The second-order valence-corrected chi connectivity index (χ2v) is 7.18. The van der Waals surface area contributed by atoms with Gasteiger partial charge < -0.3 is 19.7 Å². The Balaban J connectivity index is 1.58. The molecular weight excluding hydrogens is 413 g/mol. The van der Waals surface area contributed by atoms with E-state index in [2.05, 4.69) is 10.1 Å². The van der Waals surface area contributed by atoms with Crippen LogP contribution in [0.4, 0.5) is 13.2 Å². The molecule has 0 bridgehead atoms. The minimum absolute atomic E-state index is 0.0881. The number of rotatable bonds is 7. The lowest BCUT2D eigenvalue weighted by atomic mass is 9.96. The first-order chi connectivity index (χ1) is 14.9. The molecule has 1 aliphatic rings. The van der Waals surface area contributed by atoms with Gasteiger partial charge in [0.25, 0.3) is 5.91 Å². The van der Waals surface area contributed by atoms with E-state index in [4.69, 9.17) is 4.74 Å². The third-order valence-electron chi connectivity index (χ3n) is 5.08. The number of nitrogens with one attached hydrogen (secondary N) is 1. The summed E-state index contributed by atoms with van der Waals surface area (Å²) < 4.78 is 47.4. The summed E-state index contributed by atoms with van der Waals surface area (Å²) in [5.41, 5.74) is 1.03. The highest BCUT2D eigenvalue weighted by Crippen LogP contribution is 2.29. The van der Waals surface area contributed by atoms with Gasteiger partial charge in [0.1, 0.15) is 5.82 Å². The predicted octanol–water partition coefficient (Wildman–Crippen LogP) is 3.60. The second kappa shape index (κ2) is 10.2. The van der Waals surface area contributed by atoms with E-state index in [1.54, 1.807) is 11.0 Å². The lowest BCUT2D eigenvalue weighted by Gasteiger charge is -2.32. The first-order valence-corrected chi connectivity index (χ1v) is 9.81. The van der Waals surface area contributed by atoms with Crippen LogP contribution in [0.15, 0.2) is 42.5 Å². The minimum atomic E-state index is -2.97. The maximum absolute atomic E-state index is 13.1. The third-order valence-corrected chi connectivity index (χ3v) is 5.08. The molecule has 3 rings (SSSR count). The number of carbonyl (C=O) groups excluding carboxylic acids is 2. The summed E-state index contributed by atoms with van der Waals surface area (Å²) in [6, 6.07) is 9.75. The van der Waals surface area contributed by atoms with E-state index in [-0.39, 0.29) is 42.3 Å². The van der Waals surface area contributed by atoms with Gasteiger partial charge in [-0.3, -0.25) is 9.59 Å². The fraction of sp³-hybridized carbons (Fsp3) is 0.364. The fourth-order valence-corrected chi connectivity index (χ4v) is 3.50. The molecule has 0 aromatic heterocycles. The summed E-state index contributed by atoms with van der Waals surface area (Å²) in [6.45, 7) is -1.99. The first-order valence-electron chi connectivity index (χ1n) is 9.81. The van der Waals surface area contributed by atoms with Gasteiger partial charge in [-0.05, 0) is 54.8 Å². The van der Waals surface area contributed by atoms with Crippen molar-refractivity contribution in [2.75, 3.05) is 20.2 Å². The van der Waals surface area contributed by atoms with Crippen molar-refractivity contribution in [3.05, 3.63) is 59.4 Å². The van der Waals surface area contributed by atoms with E-state index < -0.39 is 12.4 Å².